The van der Waals surface area contributed by atoms with Gasteiger partial charge in [0.15, 0.2) is 0 Å². The molecular formula is C13H12BrNO2S. The number of amides is 1. The summed E-state index contributed by atoms with van der Waals surface area (Å²) in [4.78, 5) is 13.1. The second-order valence-corrected chi connectivity index (χ2v) is 5.43. The lowest BCUT2D eigenvalue weighted by atomic mass is 10.2. The first-order chi connectivity index (χ1) is 8.72. The zero-order chi connectivity index (χ0) is 13.0. The van der Waals surface area contributed by atoms with Crippen LogP contribution < -0.4 is 10.1 Å². The van der Waals surface area contributed by atoms with Gasteiger partial charge in [-0.15, -0.1) is 11.3 Å². The molecule has 0 atom stereocenters. The van der Waals surface area contributed by atoms with Crippen LogP contribution in [0.1, 0.15) is 15.2 Å². The Morgan fingerprint density at radius 2 is 2.17 bits per heavy atom. The molecule has 0 aliphatic heterocycles. The molecule has 1 amide bonds. The standard InChI is InChI=1S/C13H12BrNO2S/c1-17-11-5-3-2-4-9(11)13(16)15-8-12-10(14)6-7-18-12/h2-7H,8H2,1H3,(H,15,16). The minimum absolute atomic E-state index is 0.132. The van der Waals surface area contributed by atoms with Gasteiger partial charge in [-0.25, -0.2) is 0 Å². The summed E-state index contributed by atoms with van der Waals surface area (Å²) >= 11 is 5.04. The van der Waals surface area contributed by atoms with Crippen molar-refractivity contribution < 1.29 is 9.53 Å². The fraction of sp³-hybridized carbons (Fsp3) is 0.154. The molecule has 0 saturated heterocycles. The van der Waals surface area contributed by atoms with Gasteiger partial charge in [0.05, 0.1) is 19.2 Å². The van der Waals surface area contributed by atoms with Gasteiger partial charge in [-0.05, 0) is 39.5 Å². The van der Waals surface area contributed by atoms with Gasteiger partial charge in [-0.3, -0.25) is 4.79 Å². The molecule has 0 saturated carbocycles. The summed E-state index contributed by atoms with van der Waals surface area (Å²) in [7, 11) is 1.56. The maximum atomic E-state index is 12.0. The number of thiophene rings is 1. The number of methoxy groups -OCH3 is 1. The Hall–Kier alpha value is -1.33. The zero-order valence-corrected chi connectivity index (χ0v) is 12.2. The van der Waals surface area contributed by atoms with Gasteiger partial charge in [-0.2, -0.15) is 0 Å². The van der Waals surface area contributed by atoms with Crippen LogP contribution >= 0.6 is 27.3 Å². The molecule has 94 valence electrons. The third-order valence-corrected chi connectivity index (χ3v) is 4.38. The molecule has 1 aromatic carbocycles. The van der Waals surface area contributed by atoms with Crippen LogP contribution in [0.25, 0.3) is 0 Å². The Morgan fingerprint density at radius 1 is 1.39 bits per heavy atom. The molecule has 2 rings (SSSR count). The van der Waals surface area contributed by atoms with Crippen LogP contribution in [0.3, 0.4) is 0 Å². The largest absolute Gasteiger partial charge is 0.496 e. The summed E-state index contributed by atoms with van der Waals surface area (Å²) in [5.74, 6) is 0.452. The molecule has 0 aliphatic carbocycles. The van der Waals surface area contributed by atoms with E-state index in [2.05, 4.69) is 21.2 Å². The quantitative estimate of drug-likeness (QED) is 0.935. The van der Waals surface area contributed by atoms with E-state index in [1.807, 2.05) is 23.6 Å². The lowest BCUT2D eigenvalue weighted by Crippen LogP contribution is -2.23. The molecule has 3 nitrogen and oxygen atoms in total. The summed E-state index contributed by atoms with van der Waals surface area (Å²) in [6.07, 6.45) is 0. The average Bonchev–Trinajstić information content (AvgIpc) is 2.81. The number of hydrogen-bond acceptors (Lipinski definition) is 3. The van der Waals surface area contributed by atoms with Crippen LogP contribution in [0.15, 0.2) is 40.2 Å². The highest BCUT2D eigenvalue weighted by Crippen LogP contribution is 2.23. The van der Waals surface area contributed by atoms with Gasteiger partial charge >= 0.3 is 0 Å². The number of benzene rings is 1. The predicted octanol–water partition coefficient (Wildman–Crippen LogP) is 3.45. The van der Waals surface area contributed by atoms with Gasteiger partial charge in [0.1, 0.15) is 5.75 Å². The molecule has 2 aromatic rings. The van der Waals surface area contributed by atoms with Crippen molar-refractivity contribution >= 4 is 33.2 Å². The summed E-state index contributed by atoms with van der Waals surface area (Å²) in [6, 6.07) is 9.15. The number of halogens is 1. The number of para-hydroxylation sites is 1. The molecule has 1 aromatic heterocycles. The van der Waals surface area contributed by atoms with Crippen LogP contribution in [0.5, 0.6) is 5.75 Å². The highest BCUT2D eigenvalue weighted by Gasteiger charge is 2.11. The Kier molecular flexibility index (Phi) is 4.38. The van der Waals surface area contributed by atoms with Crippen molar-refractivity contribution in [3.63, 3.8) is 0 Å². The summed E-state index contributed by atoms with van der Waals surface area (Å²) in [5.41, 5.74) is 0.549. The number of ether oxygens (including phenoxy) is 1. The number of hydrogen-bond donors (Lipinski definition) is 1. The van der Waals surface area contributed by atoms with E-state index in [-0.39, 0.29) is 5.91 Å². The molecule has 0 fully saturated rings. The van der Waals surface area contributed by atoms with Gasteiger partial charge in [0.2, 0.25) is 0 Å². The molecule has 0 unspecified atom stereocenters. The Balaban J connectivity index is 2.06. The van der Waals surface area contributed by atoms with Crippen molar-refractivity contribution in [3.05, 3.63) is 50.6 Å². The topological polar surface area (TPSA) is 38.3 Å². The van der Waals surface area contributed by atoms with Gasteiger partial charge < -0.3 is 10.1 Å². The average molecular weight is 326 g/mol. The molecule has 0 radical (unpaired) electrons. The molecule has 0 aliphatic rings. The van der Waals surface area contributed by atoms with E-state index in [0.29, 0.717) is 17.9 Å². The van der Waals surface area contributed by atoms with E-state index in [1.165, 1.54) is 0 Å². The van der Waals surface area contributed by atoms with E-state index in [1.54, 1.807) is 30.6 Å². The smallest absolute Gasteiger partial charge is 0.255 e. The molecular weight excluding hydrogens is 314 g/mol. The fourth-order valence-electron chi connectivity index (χ4n) is 1.54. The first-order valence-electron chi connectivity index (χ1n) is 5.35. The lowest BCUT2D eigenvalue weighted by Gasteiger charge is -2.08. The van der Waals surface area contributed by atoms with Gasteiger partial charge in [0.25, 0.3) is 5.91 Å². The van der Waals surface area contributed by atoms with E-state index >= 15 is 0 Å². The van der Waals surface area contributed by atoms with Gasteiger partial charge in [-0.1, -0.05) is 12.1 Å². The van der Waals surface area contributed by atoms with Crippen LogP contribution in [0.2, 0.25) is 0 Å². The van der Waals surface area contributed by atoms with Crippen LogP contribution in [-0.2, 0) is 6.54 Å². The zero-order valence-electron chi connectivity index (χ0n) is 9.77. The van der Waals surface area contributed by atoms with E-state index in [9.17, 15) is 4.79 Å². The van der Waals surface area contributed by atoms with Crippen LogP contribution in [0.4, 0.5) is 0 Å². The van der Waals surface area contributed by atoms with E-state index < -0.39 is 0 Å². The Labute approximate surface area is 118 Å². The molecule has 5 heteroatoms. The highest BCUT2D eigenvalue weighted by atomic mass is 79.9. The number of nitrogens with one attached hydrogen (secondary N) is 1. The predicted molar refractivity (Wildman–Crippen MR) is 76.2 cm³/mol. The fourth-order valence-corrected chi connectivity index (χ4v) is 2.97. The van der Waals surface area contributed by atoms with Crippen LogP contribution in [-0.4, -0.2) is 13.0 Å². The van der Waals surface area contributed by atoms with E-state index in [4.69, 9.17) is 4.74 Å². The monoisotopic (exact) mass is 325 g/mol. The molecule has 18 heavy (non-hydrogen) atoms. The lowest BCUT2D eigenvalue weighted by molar-refractivity contribution is 0.0948. The Morgan fingerprint density at radius 3 is 2.83 bits per heavy atom. The van der Waals surface area contributed by atoms with Crippen LogP contribution in [0, 0.1) is 0 Å². The second kappa shape index (κ2) is 6.02. The first kappa shape index (κ1) is 13.1. The maximum Gasteiger partial charge on any atom is 0.255 e. The third kappa shape index (κ3) is 2.91. The summed E-state index contributed by atoms with van der Waals surface area (Å²) < 4.78 is 6.18. The normalized spacial score (nSPS) is 10.1. The molecule has 0 bridgehead atoms. The van der Waals surface area contributed by atoms with E-state index in [0.717, 1.165) is 9.35 Å². The molecule has 1 N–H and O–H groups in total. The minimum Gasteiger partial charge on any atom is -0.496 e. The number of rotatable bonds is 4. The SMILES string of the molecule is COc1ccccc1C(=O)NCc1sccc1Br. The van der Waals surface area contributed by atoms with Crippen molar-refractivity contribution in [1.82, 2.24) is 5.32 Å². The van der Waals surface area contributed by atoms with Crippen molar-refractivity contribution in [2.45, 2.75) is 6.54 Å². The van der Waals surface area contributed by atoms with Gasteiger partial charge in [0, 0.05) is 9.35 Å². The third-order valence-electron chi connectivity index (χ3n) is 2.45. The maximum absolute atomic E-state index is 12.0. The summed E-state index contributed by atoms with van der Waals surface area (Å²) in [5, 5.41) is 4.86. The number of carbonyl (C=O) groups excluding carboxylic acids is 1. The molecule has 0 spiro atoms. The second-order valence-electron chi connectivity index (χ2n) is 3.57. The summed E-state index contributed by atoms with van der Waals surface area (Å²) in [6.45, 7) is 0.509. The minimum atomic E-state index is -0.132. The van der Waals surface area contributed by atoms with Crippen molar-refractivity contribution in [3.8, 4) is 5.75 Å². The Bertz CT molecular complexity index is 553. The van der Waals surface area contributed by atoms with Crippen molar-refractivity contribution in [2.75, 3.05) is 7.11 Å². The highest BCUT2D eigenvalue weighted by molar-refractivity contribution is 9.10. The van der Waals surface area contributed by atoms with Crippen molar-refractivity contribution in [1.29, 1.82) is 0 Å². The van der Waals surface area contributed by atoms with Crippen molar-refractivity contribution in [2.24, 2.45) is 0 Å². The number of carbonyl (C=O) groups is 1. The first-order valence-corrected chi connectivity index (χ1v) is 7.02. The molecule has 1 heterocycles.